The van der Waals surface area contributed by atoms with E-state index in [0.717, 1.165) is 24.6 Å². The molecule has 0 saturated heterocycles. The second-order valence-corrected chi connectivity index (χ2v) is 3.40. The molecule has 1 aromatic rings. The highest BCUT2D eigenvalue weighted by Crippen LogP contribution is 2.30. The smallest absolute Gasteiger partial charge is 0.169 e. The number of aromatic nitrogens is 3. The molecule has 0 aliphatic heterocycles. The van der Waals surface area contributed by atoms with Crippen LogP contribution in [0.3, 0.4) is 0 Å². The summed E-state index contributed by atoms with van der Waals surface area (Å²) >= 11 is 0. The molecule has 1 saturated carbocycles. The van der Waals surface area contributed by atoms with E-state index in [4.69, 9.17) is 5.73 Å². The first-order valence-corrected chi connectivity index (χ1v) is 4.49. The monoisotopic (exact) mass is 166 g/mol. The molecule has 1 aromatic heterocycles. The number of hydrogen-bond acceptors (Lipinski definition) is 3. The molecule has 66 valence electrons. The predicted molar refractivity (Wildman–Crippen MR) is 46.5 cm³/mol. The van der Waals surface area contributed by atoms with Gasteiger partial charge in [0.05, 0.1) is 5.69 Å². The average molecular weight is 166 g/mol. The highest BCUT2D eigenvalue weighted by atomic mass is 15.4. The van der Waals surface area contributed by atoms with Gasteiger partial charge < -0.3 is 5.73 Å². The Morgan fingerprint density at radius 1 is 1.58 bits per heavy atom. The third-order valence-corrected chi connectivity index (χ3v) is 2.33. The van der Waals surface area contributed by atoms with E-state index in [1.54, 1.807) is 0 Å². The molecular formula is C8H14N4. The van der Waals surface area contributed by atoms with Gasteiger partial charge in [-0.15, -0.1) is 5.10 Å². The largest absolute Gasteiger partial charge is 0.381 e. The van der Waals surface area contributed by atoms with Gasteiger partial charge in [-0.05, 0) is 25.2 Å². The van der Waals surface area contributed by atoms with Gasteiger partial charge in [0.25, 0.3) is 0 Å². The summed E-state index contributed by atoms with van der Waals surface area (Å²) in [5, 5.41) is 7.87. The quantitative estimate of drug-likeness (QED) is 0.723. The normalized spacial score (nSPS) is 16.8. The topological polar surface area (TPSA) is 56.7 Å². The molecule has 0 amide bonds. The number of anilines is 1. The lowest BCUT2D eigenvalue weighted by Gasteiger charge is -2.02. The van der Waals surface area contributed by atoms with Gasteiger partial charge in [-0.3, -0.25) is 0 Å². The van der Waals surface area contributed by atoms with Gasteiger partial charge in [0, 0.05) is 6.54 Å². The zero-order chi connectivity index (χ0) is 8.55. The van der Waals surface area contributed by atoms with Crippen molar-refractivity contribution in [3.63, 3.8) is 0 Å². The van der Waals surface area contributed by atoms with Crippen molar-refractivity contribution in [2.24, 2.45) is 5.92 Å². The standard InChI is InChI=1S/C8H14N4/c1-2-7-8(9)10-11-12(7)5-6-3-4-6/h6H,2-5,9H2,1H3. The van der Waals surface area contributed by atoms with Crippen LogP contribution in [0.1, 0.15) is 25.5 Å². The van der Waals surface area contributed by atoms with Crippen LogP contribution in [0.25, 0.3) is 0 Å². The fourth-order valence-electron chi connectivity index (χ4n) is 1.40. The van der Waals surface area contributed by atoms with Crippen molar-refractivity contribution in [2.75, 3.05) is 5.73 Å². The molecule has 1 aliphatic rings. The summed E-state index contributed by atoms with van der Waals surface area (Å²) < 4.78 is 1.95. The van der Waals surface area contributed by atoms with Crippen molar-refractivity contribution < 1.29 is 0 Å². The summed E-state index contributed by atoms with van der Waals surface area (Å²) in [6.07, 6.45) is 3.59. The molecule has 0 aromatic carbocycles. The van der Waals surface area contributed by atoms with E-state index < -0.39 is 0 Å². The van der Waals surface area contributed by atoms with Crippen molar-refractivity contribution in [1.82, 2.24) is 15.0 Å². The van der Waals surface area contributed by atoms with Crippen molar-refractivity contribution in [3.05, 3.63) is 5.69 Å². The fraction of sp³-hybridized carbons (Fsp3) is 0.750. The van der Waals surface area contributed by atoms with Crippen LogP contribution in [0.4, 0.5) is 5.82 Å². The molecule has 1 fully saturated rings. The molecule has 12 heavy (non-hydrogen) atoms. The lowest BCUT2D eigenvalue weighted by molar-refractivity contribution is 0.526. The number of nitrogen functional groups attached to an aromatic ring is 1. The Hall–Kier alpha value is -1.06. The predicted octanol–water partition coefficient (Wildman–Crippen LogP) is 0.833. The average Bonchev–Trinajstić information content (AvgIpc) is 2.78. The zero-order valence-corrected chi connectivity index (χ0v) is 7.32. The maximum Gasteiger partial charge on any atom is 0.169 e. The third-order valence-electron chi connectivity index (χ3n) is 2.33. The maximum absolute atomic E-state index is 5.65. The van der Waals surface area contributed by atoms with Crippen LogP contribution in [-0.4, -0.2) is 15.0 Å². The number of rotatable bonds is 3. The van der Waals surface area contributed by atoms with Crippen LogP contribution in [-0.2, 0) is 13.0 Å². The van der Waals surface area contributed by atoms with E-state index >= 15 is 0 Å². The number of hydrogen-bond donors (Lipinski definition) is 1. The minimum absolute atomic E-state index is 0.596. The summed E-state index contributed by atoms with van der Waals surface area (Å²) in [6, 6.07) is 0. The molecule has 2 N–H and O–H groups in total. The van der Waals surface area contributed by atoms with Gasteiger partial charge in [0.15, 0.2) is 5.82 Å². The maximum atomic E-state index is 5.65. The van der Waals surface area contributed by atoms with Crippen LogP contribution in [0.2, 0.25) is 0 Å². The van der Waals surface area contributed by atoms with Crippen molar-refractivity contribution in [3.8, 4) is 0 Å². The Morgan fingerprint density at radius 2 is 2.33 bits per heavy atom. The SMILES string of the molecule is CCc1c(N)nnn1CC1CC1. The summed E-state index contributed by atoms with van der Waals surface area (Å²) in [7, 11) is 0. The number of nitrogens with zero attached hydrogens (tertiary/aromatic N) is 3. The van der Waals surface area contributed by atoms with Crippen LogP contribution in [0.5, 0.6) is 0 Å². The Kier molecular flexibility index (Phi) is 1.75. The molecular weight excluding hydrogens is 152 g/mol. The summed E-state index contributed by atoms with van der Waals surface area (Å²) in [4.78, 5) is 0. The Morgan fingerprint density at radius 3 is 2.92 bits per heavy atom. The fourth-order valence-corrected chi connectivity index (χ4v) is 1.40. The number of nitrogens with two attached hydrogens (primary N) is 1. The summed E-state index contributed by atoms with van der Waals surface area (Å²) in [5.41, 5.74) is 6.74. The van der Waals surface area contributed by atoms with E-state index in [9.17, 15) is 0 Å². The van der Waals surface area contributed by atoms with Crippen molar-refractivity contribution in [2.45, 2.75) is 32.7 Å². The molecule has 0 radical (unpaired) electrons. The molecule has 4 heteroatoms. The second kappa shape index (κ2) is 2.77. The van der Waals surface area contributed by atoms with Gasteiger partial charge in [-0.1, -0.05) is 12.1 Å². The zero-order valence-electron chi connectivity index (χ0n) is 7.32. The van der Waals surface area contributed by atoms with Gasteiger partial charge in [-0.2, -0.15) is 0 Å². The van der Waals surface area contributed by atoms with E-state index in [-0.39, 0.29) is 0 Å². The van der Waals surface area contributed by atoms with E-state index in [1.165, 1.54) is 12.8 Å². The first-order valence-electron chi connectivity index (χ1n) is 4.49. The Labute approximate surface area is 71.8 Å². The molecule has 1 heterocycles. The minimum Gasteiger partial charge on any atom is -0.381 e. The highest BCUT2D eigenvalue weighted by Gasteiger charge is 2.23. The van der Waals surface area contributed by atoms with Crippen LogP contribution >= 0.6 is 0 Å². The lowest BCUT2D eigenvalue weighted by Crippen LogP contribution is -2.06. The van der Waals surface area contributed by atoms with E-state index in [0.29, 0.717) is 5.82 Å². The summed E-state index contributed by atoms with van der Waals surface area (Å²) in [5.74, 6) is 1.43. The summed E-state index contributed by atoms with van der Waals surface area (Å²) in [6.45, 7) is 3.09. The van der Waals surface area contributed by atoms with Gasteiger partial charge in [0.2, 0.25) is 0 Å². The van der Waals surface area contributed by atoms with Crippen molar-refractivity contribution >= 4 is 5.82 Å². The molecule has 4 nitrogen and oxygen atoms in total. The van der Waals surface area contributed by atoms with Gasteiger partial charge >= 0.3 is 0 Å². The highest BCUT2D eigenvalue weighted by molar-refractivity contribution is 5.32. The second-order valence-electron chi connectivity index (χ2n) is 3.40. The molecule has 0 unspecified atom stereocenters. The third kappa shape index (κ3) is 1.29. The van der Waals surface area contributed by atoms with Crippen molar-refractivity contribution in [1.29, 1.82) is 0 Å². The first kappa shape index (κ1) is 7.58. The minimum atomic E-state index is 0.596. The molecule has 0 spiro atoms. The van der Waals surface area contributed by atoms with Crippen LogP contribution in [0, 0.1) is 5.92 Å². The molecule has 1 aliphatic carbocycles. The van der Waals surface area contributed by atoms with E-state index in [2.05, 4.69) is 17.2 Å². The van der Waals surface area contributed by atoms with Gasteiger partial charge in [0.1, 0.15) is 0 Å². The van der Waals surface area contributed by atoms with Crippen LogP contribution < -0.4 is 5.73 Å². The van der Waals surface area contributed by atoms with E-state index in [1.807, 2.05) is 4.68 Å². The first-order chi connectivity index (χ1) is 5.81. The van der Waals surface area contributed by atoms with Crippen LogP contribution in [0.15, 0.2) is 0 Å². The molecule has 0 bridgehead atoms. The Bertz CT molecular complexity index is 275. The molecule has 2 rings (SSSR count). The Balaban J connectivity index is 2.16. The van der Waals surface area contributed by atoms with Gasteiger partial charge in [-0.25, -0.2) is 4.68 Å². The molecule has 0 atom stereocenters. The lowest BCUT2D eigenvalue weighted by atomic mass is 10.3.